The van der Waals surface area contributed by atoms with Gasteiger partial charge in [0.1, 0.15) is 0 Å². The summed E-state index contributed by atoms with van der Waals surface area (Å²) in [5.41, 5.74) is 6.16. The Morgan fingerprint density at radius 3 is 2.79 bits per heavy atom. The molecule has 1 saturated heterocycles. The third-order valence-electron chi connectivity index (χ3n) is 4.73. The lowest BCUT2D eigenvalue weighted by Crippen LogP contribution is -2.33. The average Bonchev–Trinajstić information content (AvgIpc) is 2.73. The number of amides is 1. The lowest BCUT2D eigenvalue weighted by molar-refractivity contribution is -0.200. The summed E-state index contributed by atoms with van der Waals surface area (Å²) in [7, 11) is 0. The Morgan fingerprint density at radius 1 is 1.18 bits per heavy atom. The number of hydrogen-bond acceptors (Lipinski definition) is 4. The summed E-state index contributed by atoms with van der Waals surface area (Å²) in [4.78, 5) is 22.7. The highest BCUT2D eigenvalue weighted by Gasteiger charge is 2.17. The van der Waals surface area contributed by atoms with Crippen LogP contribution in [0.25, 0.3) is 22.2 Å². The maximum atomic E-state index is 12.5. The number of pyridine rings is 1. The van der Waals surface area contributed by atoms with Crippen LogP contribution in [-0.2, 0) is 20.8 Å². The highest BCUT2D eigenvalue weighted by molar-refractivity contribution is 9.10. The van der Waals surface area contributed by atoms with E-state index in [0.717, 1.165) is 51.5 Å². The first-order valence-corrected chi connectivity index (χ1v) is 10.2. The first-order chi connectivity index (χ1) is 13.7. The molecule has 0 aliphatic carbocycles. The van der Waals surface area contributed by atoms with Crippen LogP contribution in [0, 0.1) is 0 Å². The largest absolute Gasteiger partial charge is 0.350 e. The van der Waals surface area contributed by atoms with Gasteiger partial charge in [0, 0.05) is 28.5 Å². The molecule has 0 saturated carbocycles. The minimum Gasteiger partial charge on any atom is -0.350 e. The van der Waals surface area contributed by atoms with Crippen LogP contribution in [0.4, 0.5) is 0 Å². The molecule has 1 amide bonds. The Labute approximate surface area is 172 Å². The highest BCUT2D eigenvalue weighted by Crippen LogP contribution is 2.26. The van der Waals surface area contributed by atoms with E-state index in [9.17, 15) is 4.79 Å². The zero-order valence-corrected chi connectivity index (χ0v) is 16.9. The number of hydroxylamine groups is 1. The van der Waals surface area contributed by atoms with Gasteiger partial charge in [-0.2, -0.15) is 0 Å². The van der Waals surface area contributed by atoms with Gasteiger partial charge in [-0.1, -0.05) is 46.3 Å². The summed E-state index contributed by atoms with van der Waals surface area (Å²) in [6, 6.07) is 17.8. The monoisotopic (exact) mass is 440 g/mol. The predicted octanol–water partition coefficient (Wildman–Crippen LogP) is 4.78. The molecular weight excluding hydrogens is 420 g/mol. The maximum Gasteiger partial charge on any atom is 0.248 e. The van der Waals surface area contributed by atoms with E-state index in [4.69, 9.17) is 14.6 Å². The quantitative estimate of drug-likeness (QED) is 0.579. The van der Waals surface area contributed by atoms with Crippen LogP contribution < -0.4 is 5.48 Å². The van der Waals surface area contributed by atoms with Crippen LogP contribution in [0.2, 0.25) is 0 Å². The van der Waals surface area contributed by atoms with Gasteiger partial charge in [0.05, 0.1) is 17.6 Å². The summed E-state index contributed by atoms with van der Waals surface area (Å²) in [6.45, 7) is 0.673. The Bertz CT molecular complexity index is 969. The standard InChI is InChI=1S/C22H21BrN2O3/c23-17-10-8-15(9-11-17)20-13-16(18-5-1-2-6-19(18)24-20)14-21(26)25-28-22-7-3-4-12-27-22/h1-2,5-6,8-11,13,22H,3-4,7,12,14H2,(H,25,26). The molecule has 1 N–H and O–H groups in total. The van der Waals surface area contributed by atoms with E-state index in [-0.39, 0.29) is 18.6 Å². The van der Waals surface area contributed by atoms with Crippen LogP contribution in [0.5, 0.6) is 0 Å². The molecule has 5 nitrogen and oxygen atoms in total. The number of para-hydroxylation sites is 1. The molecule has 1 aromatic heterocycles. The molecular formula is C22H21BrN2O3. The number of carbonyl (C=O) groups excluding carboxylic acids is 1. The fourth-order valence-corrected chi connectivity index (χ4v) is 3.57. The molecule has 1 aliphatic rings. The smallest absolute Gasteiger partial charge is 0.248 e. The second kappa shape index (κ2) is 8.82. The minimum atomic E-state index is -0.356. The van der Waals surface area contributed by atoms with Crippen LogP contribution in [-0.4, -0.2) is 23.8 Å². The summed E-state index contributed by atoms with van der Waals surface area (Å²) in [6.07, 6.45) is 2.73. The van der Waals surface area contributed by atoms with Crippen molar-refractivity contribution in [1.82, 2.24) is 10.5 Å². The van der Waals surface area contributed by atoms with Gasteiger partial charge in [-0.15, -0.1) is 0 Å². The van der Waals surface area contributed by atoms with E-state index < -0.39 is 0 Å². The van der Waals surface area contributed by atoms with Crippen molar-refractivity contribution in [2.75, 3.05) is 6.61 Å². The molecule has 0 spiro atoms. The van der Waals surface area contributed by atoms with Crippen molar-refractivity contribution in [2.45, 2.75) is 32.0 Å². The van der Waals surface area contributed by atoms with E-state index in [2.05, 4.69) is 21.4 Å². The van der Waals surface area contributed by atoms with Gasteiger partial charge in [-0.25, -0.2) is 15.3 Å². The Kier molecular flexibility index (Phi) is 6.00. The highest BCUT2D eigenvalue weighted by atomic mass is 79.9. The van der Waals surface area contributed by atoms with E-state index >= 15 is 0 Å². The van der Waals surface area contributed by atoms with Gasteiger partial charge < -0.3 is 4.74 Å². The van der Waals surface area contributed by atoms with Crippen molar-refractivity contribution in [3.63, 3.8) is 0 Å². The topological polar surface area (TPSA) is 60.5 Å². The fraction of sp³-hybridized carbons (Fsp3) is 0.273. The predicted molar refractivity (Wildman–Crippen MR) is 111 cm³/mol. The van der Waals surface area contributed by atoms with Crippen molar-refractivity contribution < 1.29 is 14.4 Å². The molecule has 1 atom stereocenters. The number of hydrogen-bond donors (Lipinski definition) is 1. The fourth-order valence-electron chi connectivity index (χ4n) is 3.31. The first kappa shape index (κ1) is 19.1. The van der Waals surface area contributed by atoms with Gasteiger partial charge >= 0.3 is 0 Å². The van der Waals surface area contributed by atoms with Crippen LogP contribution in [0.3, 0.4) is 0 Å². The number of nitrogens with one attached hydrogen (secondary N) is 1. The second-order valence-corrected chi connectivity index (χ2v) is 7.72. The molecule has 0 bridgehead atoms. The first-order valence-electron chi connectivity index (χ1n) is 9.40. The number of aromatic nitrogens is 1. The van der Waals surface area contributed by atoms with Crippen molar-refractivity contribution in [2.24, 2.45) is 0 Å². The normalized spacial score (nSPS) is 16.8. The molecule has 1 fully saturated rings. The van der Waals surface area contributed by atoms with Crippen LogP contribution >= 0.6 is 15.9 Å². The number of nitrogens with zero attached hydrogens (tertiary/aromatic N) is 1. The lowest BCUT2D eigenvalue weighted by atomic mass is 10.0. The zero-order chi connectivity index (χ0) is 19.3. The molecule has 6 heteroatoms. The van der Waals surface area contributed by atoms with Crippen LogP contribution in [0.15, 0.2) is 59.1 Å². The van der Waals surface area contributed by atoms with E-state index in [1.54, 1.807) is 0 Å². The maximum absolute atomic E-state index is 12.5. The summed E-state index contributed by atoms with van der Waals surface area (Å²) in [5.74, 6) is -0.202. The van der Waals surface area contributed by atoms with Gasteiger partial charge in [0.25, 0.3) is 0 Å². The third-order valence-corrected chi connectivity index (χ3v) is 5.26. The van der Waals surface area contributed by atoms with E-state index in [1.165, 1.54) is 0 Å². The van der Waals surface area contributed by atoms with Crippen LogP contribution in [0.1, 0.15) is 24.8 Å². The molecule has 1 aliphatic heterocycles. The summed E-state index contributed by atoms with van der Waals surface area (Å²) >= 11 is 3.46. The number of benzene rings is 2. The number of ether oxygens (including phenoxy) is 1. The van der Waals surface area contributed by atoms with E-state index in [0.29, 0.717) is 6.61 Å². The summed E-state index contributed by atoms with van der Waals surface area (Å²) < 4.78 is 6.50. The third kappa shape index (κ3) is 4.58. The van der Waals surface area contributed by atoms with Gasteiger partial charge in [-0.05, 0) is 42.7 Å². The lowest BCUT2D eigenvalue weighted by Gasteiger charge is -2.22. The van der Waals surface area contributed by atoms with Crippen molar-refractivity contribution >= 4 is 32.7 Å². The Balaban J connectivity index is 1.56. The van der Waals surface area contributed by atoms with Gasteiger partial charge in [0.2, 0.25) is 5.91 Å². The van der Waals surface area contributed by atoms with Crippen molar-refractivity contribution in [1.29, 1.82) is 0 Å². The Morgan fingerprint density at radius 2 is 2.00 bits per heavy atom. The number of halogens is 1. The van der Waals surface area contributed by atoms with Crippen molar-refractivity contribution in [3.8, 4) is 11.3 Å². The second-order valence-electron chi connectivity index (χ2n) is 6.81. The number of fused-ring (bicyclic) bond motifs is 1. The molecule has 144 valence electrons. The molecule has 2 heterocycles. The number of rotatable bonds is 5. The zero-order valence-electron chi connectivity index (χ0n) is 15.4. The molecule has 4 rings (SSSR count). The van der Waals surface area contributed by atoms with Gasteiger partial charge in [0.15, 0.2) is 6.29 Å². The molecule has 3 aromatic rings. The molecule has 28 heavy (non-hydrogen) atoms. The summed E-state index contributed by atoms with van der Waals surface area (Å²) in [5, 5.41) is 0.965. The van der Waals surface area contributed by atoms with E-state index in [1.807, 2.05) is 54.6 Å². The average molecular weight is 441 g/mol. The number of carbonyl (C=O) groups is 1. The van der Waals surface area contributed by atoms with Crippen molar-refractivity contribution in [3.05, 3.63) is 64.6 Å². The molecule has 2 aromatic carbocycles. The molecule has 1 unspecified atom stereocenters. The Hall–Kier alpha value is -2.28. The molecule has 0 radical (unpaired) electrons. The minimum absolute atomic E-state index is 0.202. The SMILES string of the molecule is O=C(Cc1cc(-c2ccc(Br)cc2)nc2ccccc12)NOC1CCCCO1. The van der Waals surface area contributed by atoms with Gasteiger partial charge in [-0.3, -0.25) is 4.79 Å².